The van der Waals surface area contributed by atoms with Crippen LogP contribution in [0, 0.1) is 5.92 Å². The molecule has 1 heterocycles. The lowest BCUT2D eigenvalue weighted by atomic mass is 10.00. The molecule has 0 aromatic heterocycles. The van der Waals surface area contributed by atoms with Gasteiger partial charge >= 0.3 is 0 Å². The summed E-state index contributed by atoms with van der Waals surface area (Å²) in [5, 5.41) is 0. The van der Waals surface area contributed by atoms with Gasteiger partial charge < -0.3 is 9.80 Å². The van der Waals surface area contributed by atoms with Crippen LogP contribution in [0.3, 0.4) is 0 Å². The summed E-state index contributed by atoms with van der Waals surface area (Å²) in [5.41, 5.74) is 0. The lowest BCUT2D eigenvalue weighted by molar-refractivity contribution is -0.135. The first-order chi connectivity index (χ1) is 8.95. The van der Waals surface area contributed by atoms with Gasteiger partial charge in [-0.25, -0.2) is 0 Å². The van der Waals surface area contributed by atoms with Crippen molar-refractivity contribution >= 4 is 11.8 Å². The van der Waals surface area contributed by atoms with Gasteiger partial charge in [0.05, 0.1) is 0 Å². The Balaban J connectivity index is 2.45. The molecule has 0 aromatic carbocycles. The number of rotatable bonds is 5. The Labute approximate surface area is 117 Å². The Kier molecular flexibility index (Phi) is 6.32. The van der Waals surface area contributed by atoms with Gasteiger partial charge in [-0.1, -0.05) is 13.8 Å². The smallest absolute Gasteiger partial charge is 0.224 e. The fourth-order valence-corrected chi connectivity index (χ4v) is 2.70. The second-order valence-corrected chi connectivity index (χ2v) is 5.81. The van der Waals surface area contributed by atoms with Gasteiger partial charge in [0, 0.05) is 39.0 Å². The first kappa shape index (κ1) is 16.0. The molecule has 0 saturated carbocycles. The summed E-state index contributed by atoms with van der Waals surface area (Å²) in [4.78, 5) is 27.5. The van der Waals surface area contributed by atoms with Crippen LogP contribution < -0.4 is 0 Å². The van der Waals surface area contributed by atoms with Crippen molar-refractivity contribution in [2.75, 3.05) is 19.6 Å². The van der Waals surface area contributed by atoms with Crippen LogP contribution in [0.4, 0.5) is 0 Å². The van der Waals surface area contributed by atoms with Gasteiger partial charge in [0.25, 0.3) is 0 Å². The summed E-state index contributed by atoms with van der Waals surface area (Å²) >= 11 is 0. The van der Waals surface area contributed by atoms with Crippen LogP contribution in [-0.4, -0.2) is 47.3 Å². The molecule has 4 nitrogen and oxygen atoms in total. The molecule has 2 amide bonds. The average molecular weight is 268 g/mol. The van der Waals surface area contributed by atoms with Crippen molar-refractivity contribution in [2.45, 2.75) is 59.4 Å². The van der Waals surface area contributed by atoms with Gasteiger partial charge in [-0.15, -0.1) is 0 Å². The molecule has 1 fully saturated rings. The van der Waals surface area contributed by atoms with E-state index in [0.717, 1.165) is 25.9 Å². The highest BCUT2D eigenvalue weighted by atomic mass is 16.2. The van der Waals surface area contributed by atoms with Crippen LogP contribution in [0.5, 0.6) is 0 Å². The maximum Gasteiger partial charge on any atom is 0.224 e. The normalized spacial score (nSPS) is 21.1. The predicted molar refractivity (Wildman–Crippen MR) is 76.7 cm³/mol. The van der Waals surface area contributed by atoms with Gasteiger partial charge in [0.15, 0.2) is 0 Å². The SMILES string of the molecule is CCC(C)N(CCC(=O)N1CCCC(C)C1)C(C)=O. The third-order valence-electron chi connectivity index (χ3n) is 4.10. The van der Waals surface area contributed by atoms with Gasteiger partial charge in [-0.3, -0.25) is 9.59 Å². The van der Waals surface area contributed by atoms with Gasteiger partial charge in [-0.05, 0) is 32.1 Å². The van der Waals surface area contributed by atoms with Gasteiger partial charge in [0.2, 0.25) is 11.8 Å². The Morgan fingerprint density at radius 1 is 1.42 bits per heavy atom. The third-order valence-corrected chi connectivity index (χ3v) is 4.10. The van der Waals surface area contributed by atoms with Crippen LogP contribution >= 0.6 is 0 Å². The molecule has 110 valence electrons. The quantitative estimate of drug-likeness (QED) is 0.767. The molecule has 1 saturated heterocycles. The molecule has 0 spiro atoms. The molecular formula is C15H28N2O2. The zero-order chi connectivity index (χ0) is 14.4. The number of piperidine rings is 1. The molecule has 0 aromatic rings. The first-order valence-electron chi connectivity index (χ1n) is 7.50. The Bertz CT molecular complexity index is 317. The van der Waals surface area contributed by atoms with E-state index < -0.39 is 0 Å². The first-order valence-corrected chi connectivity index (χ1v) is 7.50. The lowest BCUT2D eigenvalue weighted by Crippen LogP contribution is -2.43. The monoisotopic (exact) mass is 268 g/mol. The molecule has 19 heavy (non-hydrogen) atoms. The van der Waals surface area contributed by atoms with E-state index in [0.29, 0.717) is 18.9 Å². The average Bonchev–Trinajstić information content (AvgIpc) is 2.37. The number of likely N-dealkylation sites (tertiary alicyclic amines) is 1. The number of amides is 2. The number of nitrogens with zero attached hydrogens (tertiary/aromatic N) is 2. The van der Waals surface area contributed by atoms with Crippen molar-refractivity contribution < 1.29 is 9.59 Å². The molecule has 2 atom stereocenters. The second kappa shape index (κ2) is 7.51. The summed E-state index contributed by atoms with van der Waals surface area (Å²) in [7, 11) is 0. The van der Waals surface area contributed by atoms with E-state index in [1.807, 2.05) is 16.7 Å². The molecule has 0 N–H and O–H groups in total. The molecule has 1 aliphatic rings. The Morgan fingerprint density at radius 3 is 2.63 bits per heavy atom. The van der Waals surface area contributed by atoms with Crippen molar-refractivity contribution in [3.8, 4) is 0 Å². The highest BCUT2D eigenvalue weighted by Crippen LogP contribution is 2.16. The summed E-state index contributed by atoms with van der Waals surface area (Å²) in [6, 6.07) is 0.213. The minimum absolute atomic E-state index is 0.0640. The number of hydrogen-bond donors (Lipinski definition) is 0. The van der Waals surface area contributed by atoms with E-state index >= 15 is 0 Å². The molecule has 4 heteroatoms. The minimum Gasteiger partial charge on any atom is -0.342 e. The molecule has 1 aliphatic heterocycles. The fourth-order valence-electron chi connectivity index (χ4n) is 2.70. The largest absolute Gasteiger partial charge is 0.342 e. The minimum atomic E-state index is 0.0640. The van der Waals surface area contributed by atoms with Crippen LogP contribution in [0.1, 0.15) is 53.4 Å². The maximum absolute atomic E-state index is 12.2. The molecular weight excluding hydrogens is 240 g/mol. The van der Waals surface area contributed by atoms with Crippen LogP contribution in [0.15, 0.2) is 0 Å². The lowest BCUT2D eigenvalue weighted by Gasteiger charge is -2.32. The Morgan fingerprint density at radius 2 is 2.11 bits per heavy atom. The van der Waals surface area contributed by atoms with Crippen molar-refractivity contribution in [1.29, 1.82) is 0 Å². The van der Waals surface area contributed by atoms with Crippen LogP contribution in [-0.2, 0) is 9.59 Å². The summed E-state index contributed by atoms with van der Waals surface area (Å²) in [6.45, 7) is 10.2. The molecule has 0 bridgehead atoms. The van der Waals surface area contributed by atoms with Crippen LogP contribution in [0.25, 0.3) is 0 Å². The highest BCUT2D eigenvalue weighted by molar-refractivity contribution is 5.78. The highest BCUT2D eigenvalue weighted by Gasteiger charge is 2.22. The van der Waals surface area contributed by atoms with E-state index in [1.54, 1.807) is 6.92 Å². The number of hydrogen-bond acceptors (Lipinski definition) is 2. The zero-order valence-electron chi connectivity index (χ0n) is 12.8. The van der Waals surface area contributed by atoms with E-state index in [9.17, 15) is 9.59 Å². The topological polar surface area (TPSA) is 40.6 Å². The van der Waals surface area contributed by atoms with E-state index in [2.05, 4.69) is 13.8 Å². The van der Waals surface area contributed by atoms with Crippen molar-refractivity contribution in [3.63, 3.8) is 0 Å². The predicted octanol–water partition coefficient (Wildman–Crippen LogP) is 2.28. The summed E-state index contributed by atoms with van der Waals surface area (Å²) in [6.07, 6.45) is 3.70. The Hall–Kier alpha value is -1.06. The maximum atomic E-state index is 12.2. The van der Waals surface area contributed by atoms with E-state index in [4.69, 9.17) is 0 Å². The molecule has 2 unspecified atom stereocenters. The molecule has 1 rings (SSSR count). The zero-order valence-corrected chi connectivity index (χ0v) is 12.8. The van der Waals surface area contributed by atoms with E-state index in [1.165, 1.54) is 6.42 Å². The molecule has 0 aliphatic carbocycles. The standard InChI is InChI=1S/C15H28N2O2/c1-5-13(3)17(14(4)18)10-8-15(19)16-9-6-7-12(2)11-16/h12-13H,5-11H2,1-4H3. The van der Waals surface area contributed by atoms with Crippen molar-refractivity contribution in [3.05, 3.63) is 0 Å². The molecule has 0 radical (unpaired) electrons. The van der Waals surface area contributed by atoms with Crippen LogP contribution in [0.2, 0.25) is 0 Å². The third kappa shape index (κ3) is 4.84. The van der Waals surface area contributed by atoms with Gasteiger partial charge in [0.1, 0.15) is 0 Å². The van der Waals surface area contributed by atoms with Gasteiger partial charge in [-0.2, -0.15) is 0 Å². The summed E-state index contributed by atoms with van der Waals surface area (Å²) in [5.74, 6) is 0.867. The second-order valence-electron chi connectivity index (χ2n) is 5.81. The van der Waals surface area contributed by atoms with Crippen molar-refractivity contribution in [1.82, 2.24) is 9.80 Å². The number of carbonyl (C=O) groups is 2. The fraction of sp³-hybridized carbons (Fsp3) is 0.867. The summed E-state index contributed by atoms with van der Waals surface area (Å²) < 4.78 is 0. The van der Waals surface area contributed by atoms with Crippen molar-refractivity contribution in [2.24, 2.45) is 5.92 Å². The number of carbonyl (C=O) groups excluding carboxylic acids is 2. The van der Waals surface area contributed by atoms with E-state index in [-0.39, 0.29) is 17.9 Å².